The minimum atomic E-state index is 0.420. The molecule has 4 atom stereocenters. The molecule has 0 amide bonds. The molecule has 0 aromatic rings. The molecule has 0 spiro atoms. The quantitative estimate of drug-likeness (QED) is 0.814. The van der Waals surface area contributed by atoms with E-state index in [0.717, 1.165) is 18.4 Å². The number of thioether (sulfide) groups is 1. The fourth-order valence-corrected chi connectivity index (χ4v) is 6.66. The van der Waals surface area contributed by atoms with Crippen LogP contribution < -0.4 is 5.32 Å². The van der Waals surface area contributed by atoms with Crippen LogP contribution in [0, 0.1) is 22.7 Å². The van der Waals surface area contributed by atoms with E-state index in [4.69, 9.17) is 4.99 Å². The minimum Gasteiger partial charge on any atom is -0.361 e. The van der Waals surface area contributed by atoms with Gasteiger partial charge in [0.25, 0.3) is 0 Å². The fraction of sp³-hybridized carbons (Fsp3) is 0.944. The summed E-state index contributed by atoms with van der Waals surface area (Å²) in [5, 5.41) is 5.83. The number of hydrogen-bond donors (Lipinski definition) is 1. The Kier molecular flexibility index (Phi) is 4.09. The summed E-state index contributed by atoms with van der Waals surface area (Å²) in [6.07, 6.45) is 6.80. The molecule has 3 aliphatic rings. The maximum absolute atomic E-state index is 4.85. The van der Waals surface area contributed by atoms with Crippen LogP contribution in [-0.2, 0) is 0 Å². The lowest BCUT2D eigenvalue weighted by Gasteiger charge is -2.43. The molecule has 3 heteroatoms. The molecule has 1 heterocycles. The standard InChI is InChI=1S/C18H32N2S/c1-6-12(7-2)14-11-19-16(21-14)20-15-17(3,4)13-8-9-18(15,5)10-13/h12-15H,6-11H2,1-5H3,(H,19,20). The summed E-state index contributed by atoms with van der Waals surface area (Å²) in [6.45, 7) is 13.1. The van der Waals surface area contributed by atoms with E-state index in [2.05, 4.69) is 39.9 Å². The van der Waals surface area contributed by atoms with Crippen molar-refractivity contribution in [3.05, 3.63) is 0 Å². The van der Waals surface area contributed by atoms with Crippen LogP contribution in [0.15, 0.2) is 4.99 Å². The first-order valence-electron chi connectivity index (χ1n) is 8.88. The van der Waals surface area contributed by atoms with Gasteiger partial charge in [0.1, 0.15) is 0 Å². The third kappa shape index (κ3) is 2.54. The molecule has 120 valence electrons. The Hall–Kier alpha value is -0.180. The molecule has 4 unspecified atom stereocenters. The molecule has 2 fully saturated rings. The van der Waals surface area contributed by atoms with E-state index in [-0.39, 0.29) is 0 Å². The summed E-state index contributed by atoms with van der Waals surface area (Å²) >= 11 is 2.02. The monoisotopic (exact) mass is 308 g/mol. The number of nitrogens with one attached hydrogen (secondary N) is 1. The molecular weight excluding hydrogens is 276 g/mol. The van der Waals surface area contributed by atoms with Gasteiger partial charge >= 0.3 is 0 Å². The summed E-state index contributed by atoms with van der Waals surface area (Å²) in [5.74, 6) is 1.73. The van der Waals surface area contributed by atoms with Gasteiger partial charge in [-0.2, -0.15) is 0 Å². The van der Waals surface area contributed by atoms with Crippen molar-refractivity contribution in [3.8, 4) is 0 Å². The smallest absolute Gasteiger partial charge is 0.157 e. The molecule has 0 aromatic heterocycles. The van der Waals surface area contributed by atoms with Crippen molar-refractivity contribution >= 4 is 16.9 Å². The Morgan fingerprint density at radius 3 is 2.57 bits per heavy atom. The van der Waals surface area contributed by atoms with Gasteiger partial charge in [-0.05, 0) is 41.9 Å². The second-order valence-electron chi connectivity index (χ2n) is 8.37. The Morgan fingerprint density at radius 2 is 2.00 bits per heavy atom. The van der Waals surface area contributed by atoms with Crippen molar-refractivity contribution in [2.75, 3.05) is 6.54 Å². The van der Waals surface area contributed by atoms with Gasteiger partial charge in [0, 0.05) is 11.3 Å². The van der Waals surface area contributed by atoms with Crippen molar-refractivity contribution in [3.63, 3.8) is 0 Å². The number of aliphatic imine (C=N–C) groups is 1. The van der Waals surface area contributed by atoms with Crippen LogP contribution in [0.5, 0.6) is 0 Å². The minimum absolute atomic E-state index is 0.420. The van der Waals surface area contributed by atoms with Gasteiger partial charge in [-0.1, -0.05) is 59.2 Å². The highest BCUT2D eigenvalue weighted by Crippen LogP contribution is 2.62. The molecule has 2 saturated carbocycles. The molecule has 0 saturated heterocycles. The molecule has 21 heavy (non-hydrogen) atoms. The number of hydrogen-bond acceptors (Lipinski definition) is 3. The average molecular weight is 309 g/mol. The molecular formula is C18H32N2S. The Bertz CT molecular complexity index is 422. The van der Waals surface area contributed by atoms with Crippen LogP contribution in [-0.4, -0.2) is 23.0 Å². The normalized spacial score (nSPS) is 40.9. The number of amidine groups is 1. The van der Waals surface area contributed by atoms with E-state index in [1.165, 1.54) is 37.3 Å². The van der Waals surface area contributed by atoms with Crippen LogP contribution >= 0.6 is 11.8 Å². The van der Waals surface area contributed by atoms with Crippen molar-refractivity contribution in [2.24, 2.45) is 27.7 Å². The topological polar surface area (TPSA) is 24.4 Å². The second kappa shape index (κ2) is 5.47. The molecule has 2 nitrogen and oxygen atoms in total. The van der Waals surface area contributed by atoms with Crippen LogP contribution in [0.1, 0.15) is 66.7 Å². The lowest BCUT2D eigenvalue weighted by Crippen LogP contribution is -2.51. The molecule has 0 aromatic carbocycles. The van der Waals surface area contributed by atoms with Gasteiger partial charge in [-0.25, -0.2) is 0 Å². The Morgan fingerprint density at radius 1 is 1.29 bits per heavy atom. The number of rotatable bonds is 4. The Labute approximate surface area is 134 Å². The van der Waals surface area contributed by atoms with Crippen molar-refractivity contribution in [1.29, 1.82) is 0 Å². The molecule has 1 aliphatic heterocycles. The largest absolute Gasteiger partial charge is 0.361 e. The molecule has 1 N–H and O–H groups in total. The summed E-state index contributed by atoms with van der Waals surface area (Å²) in [7, 11) is 0. The first-order chi connectivity index (χ1) is 9.90. The Balaban J connectivity index is 1.66. The maximum Gasteiger partial charge on any atom is 0.157 e. The summed E-state index contributed by atoms with van der Waals surface area (Å²) in [4.78, 5) is 4.85. The van der Waals surface area contributed by atoms with Crippen molar-refractivity contribution in [2.45, 2.75) is 78.0 Å². The van der Waals surface area contributed by atoms with Crippen LogP contribution in [0.25, 0.3) is 0 Å². The molecule has 3 rings (SSSR count). The van der Waals surface area contributed by atoms with E-state index >= 15 is 0 Å². The highest BCUT2D eigenvalue weighted by molar-refractivity contribution is 8.14. The predicted octanol–water partition coefficient (Wildman–Crippen LogP) is 4.70. The van der Waals surface area contributed by atoms with E-state index in [1.54, 1.807) is 0 Å². The van der Waals surface area contributed by atoms with Gasteiger partial charge in [-0.3, -0.25) is 4.99 Å². The SMILES string of the molecule is CCC(CC)C1CN=C(NC2C3(C)CCC(C3)C2(C)C)S1. The van der Waals surface area contributed by atoms with Crippen LogP contribution in [0.3, 0.4) is 0 Å². The van der Waals surface area contributed by atoms with Gasteiger partial charge < -0.3 is 5.32 Å². The van der Waals surface area contributed by atoms with Crippen molar-refractivity contribution in [1.82, 2.24) is 5.32 Å². The van der Waals surface area contributed by atoms with Crippen molar-refractivity contribution < 1.29 is 0 Å². The van der Waals surface area contributed by atoms with Gasteiger partial charge in [0.05, 0.1) is 6.54 Å². The third-order valence-electron chi connectivity index (χ3n) is 6.79. The summed E-state index contributed by atoms with van der Waals surface area (Å²) < 4.78 is 0. The van der Waals surface area contributed by atoms with Gasteiger partial charge in [0.15, 0.2) is 5.17 Å². The van der Waals surface area contributed by atoms with Gasteiger partial charge in [-0.15, -0.1) is 0 Å². The molecule has 0 radical (unpaired) electrons. The molecule has 2 bridgehead atoms. The number of fused-ring (bicyclic) bond motifs is 2. The van der Waals surface area contributed by atoms with E-state index in [9.17, 15) is 0 Å². The maximum atomic E-state index is 4.85. The van der Waals surface area contributed by atoms with Crippen LogP contribution in [0.4, 0.5) is 0 Å². The fourth-order valence-electron chi connectivity index (χ4n) is 5.32. The summed E-state index contributed by atoms with van der Waals surface area (Å²) in [6, 6.07) is 0.607. The number of nitrogens with zero attached hydrogens (tertiary/aromatic N) is 1. The second-order valence-corrected chi connectivity index (χ2v) is 9.60. The first-order valence-corrected chi connectivity index (χ1v) is 9.76. The lowest BCUT2D eigenvalue weighted by atomic mass is 9.68. The highest BCUT2D eigenvalue weighted by Gasteiger charge is 2.59. The zero-order valence-corrected chi connectivity index (χ0v) is 15.2. The predicted molar refractivity (Wildman–Crippen MR) is 93.9 cm³/mol. The first kappa shape index (κ1) is 15.7. The van der Waals surface area contributed by atoms with Gasteiger partial charge in [0.2, 0.25) is 0 Å². The van der Waals surface area contributed by atoms with E-state index in [0.29, 0.717) is 22.1 Å². The lowest BCUT2D eigenvalue weighted by molar-refractivity contribution is 0.126. The zero-order chi connectivity index (χ0) is 15.3. The van der Waals surface area contributed by atoms with E-state index in [1.807, 2.05) is 11.8 Å². The summed E-state index contributed by atoms with van der Waals surface area (Å²) in [5.41, 5.74) is 0.910. The van der Waals surface area contributed by atoms with Crippen LogP contribution in [0.2, 0.25) is 0 Å². The average Bonchev–Trinajstić information content (AvgIpc) is 3.08. The van der Waals surface area contributed by atoms with E-state index < -0.39 is 0 Å². The highest BCUT2D eigenvalue weighted by atomic mass is 32.2. The molecule has 2 aliphatic carbocycles. The third-order valence-corrected chi connectivity index (χ3v) is 8.10. The zero-order valence-electron chi connectivity index (χ0n) is 14.4.